The molecule has 7 heteroatoms. The summed E-state index contributed by atoms with van der Waals surface area (Å²) in [4.78, 5) is 12.1. The van der Waals surface area contributed by atoms with Gasteiger partial charge in [-0.05, 0) is 19.1 Å². The molecule has 2 aromatic rings. The predicted molar refractivity (Wildman–Crippen MR) is 73.1 cm³/mol. The molecule has 0 spiro atoms. The summed E-state index contributed by atoms with van der Waals surface area (Å²) >= 11 is 1.25. The van der Waals surface area contributed by atoms with Gasteiger partial charge in [-0.2, -0.15) is 0 Å². The van der Waals surface area contributed by atoms with Gasteiger partial charge in [-0.15, -0.1) is 10.2 Å². The first-order valence-electron chi connectivity index (χ1n) is 5.78. The Labute approximate surface area is 114 Å². The minimum atomic E-state index is -0.210. The van der Waals surface area contributed by atoms with Crippen LogP contribution in [0.15, 0.2) is 24.3 Å². The molecule has 0 fully saturated rings. The number of nitrogens with two attached hydrogens (primary N) is 1. The first-order chi connectivity index (χ1) is 9.20. The lowest BCUT2D eigenvalue weighted by Gasteiger charge is -2.09. The van der Waals surface area contributed by atoms with Gasteiger partial charge in [-0.3, -0.25) is 4.79 Å². The molecule has 0 bridgehead atoms. The fraction of sp³-hybridized carbons (Fsp3) is 0.250. The lowest BCUT2D eigenvalue weighted by atomic mass is 10.2. The van der Waals surface area contributed by atoms with Crippen molar-refractivity contribution in [3.05, 3.63) is 34.8 Å². The Balaban J connectivity index is 2.03. The van der Waals surface area contributed by atoms with Gasteiger partial charge in [-0.25, -0.2) is 0 Å². The van der Waals surface area contributed by atoms with Gasteiger partial charge in [0.1, 0.15) is 10.8 Å². The van der Waals surface area contributed by atoms with Crippen molar-refractivity contribution in [2.45, 2.75) is 13.5 Å². The number of nitrogens with zero attached hydrogens (tertiary/aromatic N) is 2. The van der Waals surface area contributed by atoms with Crippen LogP contribution in [0.3, 0.4) is 0 Å². The van der Waals surface area contributed by atoms with E-state index in [-0.39, 0.29) is 5.91 Å². The quantitative estimate of drug-likeness (QED) is 0.864. The molecule has 19 heavy (non-hydrogen) atoms. The zero-order valence-corrected chi connectivity index (χ0v) is 11.2. The molecular weight excluding hydrogens is 264 g/mol. The molecule has 1 aromatic heterocycles. The second-order valence-corrected chi connectivity index (χ2v) is 4.74. The highest BCUT2D eigenvalue weighted by atomic mass is 32.1. The van der Waals surface area contributed by atoms with E-state index < -0.39 is 0 Å². The van der Waals surface area contributed by atoms with Crippen molar-refractivity contribution in [3.63, 3.8) is 0 Å². The standard InChI is InChI=1S/C12H14N4O2S/c1-2-18-9-6-4-3-5-8(9)11(17)14-7-10-15-16-12(13)19-10/h3-6H,2,7H2,1H3,(H2,13,16)(H,14,17). The summed E-state index contributed by atoms with van der Waals surface area (Å²) in [6, 6.07) is 7.10. The van der Waals surface area contributed by atoms with E-state index in [2.05, 4.69) is 15.5 Å². The number of amides is 1. The van der Waals surface area contributed by atoms with Crippen molar-refractivity contribution >= 4 is 22.4 Å². The van der Waals surface area contributed by atoms with Crippen molar-refractivity contribution in [3.8, 4) is 5.75 Å². The Hall–Kier alpha value is -2.15. The third-order valence-electron chi connectivity index (χ3n) is 2.31. The van der Waals surface area contributed by atoms with Gasteiger partial charge < -0.3 is 15.8 Å². The van der Waals surface area contributed by atoms with Crippen LogP contribution in [0.1, 0.15) is 22.3 Å². The van der Waals surface area contributed by atoms with Crippen LogP contribution in [-0.2, 0) is 6.54 Å². The third-order valence-corrected chi connectivity index (χ3v) is 3.07. The predicted octanol–water partition coefficient (Wildman–Crippen LogP) is 1.45. The summed E-state index contributed by atoms with van der Waals surface area (Å²) in [6.07, 6.45) is 0. The maximum Gasteiger partial charge on any atom is 0.255 e. The molecule has 0 saturated heterocycles. The summed E-state index contributed by atoms with van der Waals surface area (Å²) in [5.41, 5.74) is 5.97. The topological polar surface area (TPSA) is 90.1 Å². The van der Waals surface area contributed by atoms with E-state index in [0.29, 0.717) is 34.6 Å². The van der Waals surface area contributed by atoms with Gasteiger partial charge in [-0.1, -0.05) is 23.5 Å². The van der Waals surface area contributed by atoms with Crippen molar-refractivity contribution < 1.29 is 9.53 Å². The Morgan fingerprint density at radius 2 is 2.21 bits per heavy atom. The van der Waals surface area contributed by atoms with Gasteiger partial charge in [0.05, 0.1) is 18.7 Å². The van der Waals surface area contributed by atoms with Crippen LogP contribution in [0.2, 0.25) is 0 Å². The number of hydrogen-bond acceptors (Lipinski definition) is 6. The number of anilines is 1. The molecule has 100 valence electrons. The molecule has 0 aliphatic carbocycles. The number of carbonyl (C=O) groups is 1. The fourth-order valence-corrected chi connectivity index (χ4v) is 2.07. The van der Waals surface area contributed by atoms with Crippen LogP contribution in [-0.4, -0.2) is 22.7 Å². The van der Waals surface area contributed by atoms with Crippen LogP contribution in [0, 0.1) is 0 Å². The average molecular weight is 278 g/mol. The van der Waals surface area contributed by atoms with E-state index in [9.17, 15) is 4.79 Å². The molecule has 0 aliphatic rings. The first-order valence-corrected chi connectivity index (χ1v) is 6.60. The molecule has 1 heterocycles. The average Bonchev–Trinajstić information content (AvgIpc) is 2.83. The van der Waals surface area contributed by atoms with Crippen molar-refractivity contribution in [2.75, 3.05) is 12.3 Å². The Kier molecular flexibility index (Phi) is 4.30. The normalized spacial score (nSPS) is 10.2. The molecule has 0 unspecified atom stereocenters. The highest BCUT2D eigenvalue weighted by molar-refractivity contribution is 7.15. The minimum absolute atomic E-state index is 0.210. The van der Waals surface area contributed by atoms with E-state index in [0.717, 1.165) is 0 Å². The highest BCUT2D eigenvalue weighted by Gasteiger charge is 2.12. The Bertz CT molecular complexity index is 570. The van der Waals surface area contributed by atoms with Gasteiger partial charge in [0.15, 0.2) is 0 Å². The summed E-state index contributed by atoms with van der Waals surface area (Å²) < 4.78 is 5.41. The van der Waals surface area contributed by atoms with Crippen molar-refractivity contribution in [1.29, 1.82) is 0 Å². The number of benzene rings is 1. The van der Waals surface area contributed by atoms with E-state index >= 15 is 0 Å². The molecule has 2 rings (SSSR count). The van der Waals surface area contributed by atoms with Gasteiger partial charge >= 0.3 is 0 Å². The lowest BCUT2D eigenvalue weighted by molar-refractivity contribution is 0.0947. The van der Waals surface area contributed by atoms with Crippen LogP contribution in [0.25, 0.3) is 0 Å². The number of carbonyl (C=O) groups excluding carboxylic acids is 1. The number of para-hydroxylation sites is 1. The van der Waals surface area contributed by atoms with E-state index in [1.54, 1.807) is 18.2 Å². The molecule has 6 nitrogen and oxygen atoms in total. The third kappa shape index (κ3) is 3.41. The first kappa shape index (κ1) is 13.3. The molecular formula is C12H14N4O2S. The van der Waals surface area contributed by atoms with E-state index in [1.807, 2.05) is 13.0 Å². The smallest absolute Gasteiger partial charge is 0.255 e. The lowest BCUT2D eigenvalue weighted by Crippen LogP contribution is -2.23. The van der Waals surface area contributed by atoms with Crippen LogP contribution < -0.4 is 15.8 Å². The number of hydrogen-bond donors (Lipinski definition) is 2. The second kappa shape index (κ2) is 6.14. The van der Waals surface area contributed by atoms with Crippen LogP contribution in [0.4, 0.5) is 5.13 Å². The Morgan fingerprint density at radius 1 is 1.42 bits per heavy atom. The summed E-state index contributed by atoms with van der Waals surface area (Å²) in [5, 5.41) is 11.3. The van der Waals surface area contributed by atoms with Gasteiger partial charge in [0.25, 0.3) is 5.91 Å². The molecule has 0 saturated carbocycles. The van der Waals surface area contributed by atoms with Crippen LogP contribution >= 0.6 is 11.3 Å². The van der Waals surface area contributed by atoms with Gasteiger partial charge in [0, 0.05) is 0 Å². The minimum Gasteiger partial charge on any atom is -0.493 e. The number of aromatic nitrogens is 2. The number of ether oxygens (including phenoxy) is 1. The zero-order valence-electron chi connectivity index (χ0n) is 10.4. The monoisotopic (exact) mass is 278 g/mol. The van der Waals surface area contributed by atoms with Crippen molar-refractivity contribution in [1.82, 2.24) is 15.5 Å². The number of rotatable bonds is 5. The molecule has 0 aliphatic heterocycles. The van der Waals surface area contributed by atoms with E-state index in [4.69, 9.17) is 10.5 Å². The molecule has 1 aromatic carbocycles. The molecule has 1 amide bonds. The second-order valence-electron chi connectivity index (χ2n) is 3.65. The fourth-order valence-electron chi connectivity index (χ4n) is 1.52. The molecule has 3 N–H and O–H groups in total. The maximum atomic E-state index is 12.1. The van der Waals surface area contributed by atoms with Gasteiger partial charge in [0.2, 0.25) is 5.13 Å². The number of nitrogen functional groups attached to an aromatic ring is 1. The SMILES string of the molecule is CCOc1ccccc1C(=O)NCc1nnc(N)s1. The summed E-state index contributed by atoms with van der Waals surface area (Å²) in [7, 11) is 0. The number of nitrogens with one attached hydrogen (secondary N) is 1. The highest BCUT2D eigenvalue weighted by Crippen LogP contribution is 2.18. The zero-order chi connectivity index (χ0) is 13.7. The molecule has 0 radical (unpaired) electrons. The molecule has 0 atom stereocenters. The Morgan fingerprint density at radius 3 is 2.89 bits per heavy atom. The van der Waals surface area contributed by atoms with Crippen LogP contribution in [0.5, 0.6) is 5.75 Å². The largest absolute Gasteiger partial charge is 0.493 e. The maximum absolute atomic E-state index is 12.1. The van der Waals surface area contributed by atoms with Crippen molar-refractivity contribution in [2.24, 2.45) is 0 Å². The van der Waals surface area contributed by atoms with E-state index in [1.165, 1.54) is 11.3 Å². The summed E-state index contributed by atoms with van der Waals surface area (Å²) in [5.74, 6) is 0.358. The summed E-state index contributed by atoms with van der Waals surface area (Å²) in [6.45, 7) is 2.68.